The van der Waals surface area contributed by atoms with Crippen LogP contribution in [0.5, 0.6) is 0 Å². The number of nitrogens with two attached hydrogens (primary N) is 1. The molecule has 2 aliphatic heterocycles. The first kappa shape index (κ1) is 16.5. The Morgan fingerprint density at radius 1 is 1.15 bits per heavy atom. The summed E-state index contributed by atoms with van der Waals surface area (Å²) < 4.78 is 28.9. The average molecular weight is 322 g/mol. The lowest BCUT2D eigenvalue weighted by atomic mass is 9.99. The first-order valence-corrected chi connectivity index (χ1v) is 9.83. The third-order valence-corrected chi connectivity index (χ3v) is 7.76. The van der Waals surface area contributed by atoms with Gasteiger partial charge >= 0.3 is 0 Å². The van der Waals surface area contributed by atoms with Crippen molar-refractivity contribution in [1.29, 1.82) is 0 Å². The quantitative estimate of drug-likeness (QED) is 0.846. The van der Waals surface area contributed by atoms with Gasteiger partial charge in [-0.1, -0.05) is 13.8 Å². The van der Waals surface area contributed by atoms with E-state index in [9.17, 15) is 8.42 Å². The normalized spacial score (nSPS) is 27.4. The molecule has 0 spiro atoms. The Bertz CT molecular complexity index is 417. The van der Waals surface area contributed by atoms with E-state index in [0.717, 1.165) is 25.0 Å². The average Bonchev–Trinajstić information content (AvgIpc) is 2.60. The van der Waals surface area contributed by atoms with Gasteiger partial charge in [-0.3, -0.25) is 0 Å². The van der Waals surface area contributed by atoms with Gasteiger partial charge in [0.05, 0.1) is 0 Å². The summed E-state index contributed by atoms with van der Waals surface area (Å²) in [4.78, 5) is 0. The number of rotatable bonds is 3. The predicted molar refractivity (Wildman–Crippen MR) is 85.0 cm³/mol. The summed E-state index contributed by atoms with van der Waals surface area (Å²) in [6.07, 6.45) is 2.70. The zero-order valence-corrected chi connectivity index (χ0v) is 14.2. The van der Waals surface area contributed by atoms with Gasteiger partial charge in [-0.15, -0.1) is 0 Å². The maximum Gasteiger partial charge on any atom is 0.282 e. The van der Waals surface area contributed by atoms with Crippen LogP contribution in [0.1, 0.15) is 33.1 Å². The second-order valence-electron chi connectivity index (χ2n) is 6.34. The van der Waals surface area contributed by atoms with Crippen molar-refractivity contribution < 1.29 is 8.42 Å². The first-order chi connectivity index (χ1) is 9.35. The monoisotopic (exact) mass is 321 g/mol. The predicted octanol–water partition coefficient (Wildman–Crippen LogP) is 1.12. The zero-order valence-electron chi connectivity index (χ0n) is 12.5. The minimum Gasteiger partial charge on any atom is -0.330 e. The van der Waals surface area contributed by atoms with Gasteiger partial charge in [-0.05, 0) is 31.7 Å². The van der Waals surface area contributed by atoms with E-state index in [-0.39, 0.29) is 4.75 Å². The van der Waals surface area contributed by atoms with Crippen molar-refractivity contribution >= 4 is 22.0 Å². The molecule has 2 rings (SSSR count). The van der Waals surface area contributed by atoms with E-state index >= 15 is 0 Å². The topological polar surface area (TPSA) is 66.6 Å². The van der Waals surface area contributed by atoms with Crippen molar-refractivity contribution in [2.75, 3.05) is 38.5 Å². The van der Waals surface area contributed by atoms with Crippen molar-refractivity contribution in [2.45, 2.75) is 37.9 Å². The lowest BCUT2D eigenvalue weighted by Gasteiger charge is -2.34. The molecule has 0 radical (unpaired) electrons. The van der Waals surface area contributed by atoms with Crippen molar-refractivity contribution in [2.24, 2.45) is 11.7 Å². The van der Waals surface area contributed by atoms with Crippen LogP contribution < -0.4 is 5.73 Å². The van der Waals surface area contributed by atoms with Gasteiger partial charge in [0.25, 0.3) is 10.2 Å². The smallest absolute Gasteiger partial charge is 0.282 e. The molecule has 2 fully saturated rings. The van der Waals surface area contributed by atoms with Crippen LogP contribution in [0, 0.1) is 5.92 Å². The van der Waals surface area contributed by atoms with E-state index in [4.69, 9.17) is 5.73 Å². The molecule has 2 heterocycles. The van der Waals surface area contributed by atoms with Crippen LogP contribution in [-0.2, 0) is 10.2 Å². The standard InChI is InChI=1S/C13H27N3O2S2/c1-13(2)5-8-16(9-10-19-13)20(17,18)15-6-3-12(11-14)4-7-15/h12H,3-11,14H2,1-2H3. The first-order valence-electron chi connectivity index (χ1n) is 7.44. The molecule has 0 aromatic carbocycles. The van der Waals surface area contributed by atoms with Crippen LogP contribution in [0.4, 0.5) is 0 Å². The molecule has 0 atom stereocenters. The summed E-state index contributed by atoms with van der Waals surface area (Å²) in [5, 5.41) is 0. The second-order valence-corrected chi connectivity index (χ2v) is 10.1. The number of hydrogen-bond acceptors (Lipinski definition) is 4. The lowest BCUT2D eigenvalue weighted by molar-refractivity contribution is 0.258. The Labute approximate surface area is 127 Å². The number of thioether (sulfide) groups is 1. The molecule has 5 nitrogen and oxygen atoms in total. The summed E-state index contributed by atoms with van der Waals surface area (Å²) in [5.41, 5.74) is 5.67. The molecule has 0 aromatic heterocycles. The van der Waals surface area contributed by atoms with Crippen LogP contribution in [0.25, 0.3) is 0 Å². The highest BCUT2D eigenvalue weighted by molar-refractivity contribution is 8.00. The fourth-order valence-electron chi connectivity index (χ4n) is 2.77. The van der Waals surface area contributed by atoms with E-state index in [2.05, 4.69) is 13.8 Å². The Morgan fingerprint density at radius 2 is 1.75 bits per heavy atom. The molecule has 118 valence electrons. The van der Waals surface area contributed by atoms with E-state index in [1.54, 1.807) is 8.61 Å². The van der Waals surface area contributed by atoms with Gasteiger partial charge in [0.1, 0.15) is 0 Å². The minimum atomic E-state index is -3.28. The van der Waals surface area contributed by atoms with Crippen LogP contribution in [0.2, 0.25) is 0 Å². The second kappa shape index (κ2) is 6.52. The molecular weight excluding hydrogens is 294 g/mol. The van der Waals surface area contributed by atoms with E-state index in [0.29, 0.717) is 38.6 Å². The largest absolute Gasteiger partial charge is 0.330 e. The van der Waals surface area contributed by atoms with Gasteiger partial charge in [-0.2, -0.15) is 28.8 Å². The van der Waals surface area contributed by atoms with Crippen LogP contribution in [0.3, 0.4) is 0 Å². The molecule has 0 aromatic rings. The summed E-state index contributed by atoms with van der Waals surface area (Å²) in [6, 6.07) is 0. The summed E-state index contributed by atoms with van der Waals surface area (Å²) in [6.45, 7) is 7.57. The molecule has 2 saturated heterocycles. The highest BCUT2D eigenvalue weighted by Gasteiger charge is 2.35. The number of nitrogens with zero attached hydrogens (tertiary/aromatic N) is 2. The van der Waals surface area contributed by atoms with Crippen LogP contribution in [0.15, 0.2) is 0 Å². The Hall–Kier alpha value is 0.180. The third-order valence-electron chi connectivity index (χ3n) is 4.36. The fraction of sp³-hybridized carbons (Fsp3) is 1.00. The molecule has 0 bridgehead atoms. The lowest BCUT2D eigenvalue weighted by Crippen LogP contribution is -2.48. The molecule has 2 N–H and O–H groups in total. The highest BCUT2D eigenvalue weighted by atomic mass is 32.2. The molecule has 20 heavy (non-hydrogen) atoms. The summed E-state index contributed by atoms with van der Waals surface area (Å²) in [5.74, 6) is 1.37. The molecule has 0 unspecified atom stereocenters. The maximum absolute atomic E-state index is 12.7. The van der Waals surface area contributed by atoms with Gasteiger partial charge in [-0.25, -0.2) is 0 Å². The number of piperidine rings is 1. The molecular formula is C13H27N3O2S2. The Kier molecular flexibility index (Phi) is 5.40. The van der Waals surface area contributed by atoms with E-state index in [1.807, 2.05) is 11.8 Å². The molecule has 2 aliphatic rings. The van der Waals surface area contributed by atoms with Gasteiger partial charge in [0, 0.05) is 36.7 Å². The zero-order chi connectivity index (χ0) is 14.8. The Balaban J connectivity index is 2.00. The molecule has 0 amide bonds. The molecule has 7 heteroatoms. The highest BCUT2D eigenvalue weighted by Crippen LogP contribution is 2.32. The molecule has 0 saturated carbocycles. The number of hydrogen-bond donors (Lipinski definition) is 1. The fourth-order valence-corrected chi connectivity index (χ4v) is 5.63. The van der Waals surface area contributed by atoms with Crippen LogP contribution in [-0.4, -0.2) is 60.3 Å². The van der Waals surface area contributed by atoms with Crippen molar-refractivity contribution in [3.05, 3.63) is 0 Å². The van der Waals surface area contributed by atoms with E-state index < -0.39 is 10.2 Å². The van der Waals surface area contributed by atoms with Crippen molar-refractivity contribution in [1.82, 2.24) is 8.61 Å². The Morgan fingerprint density at radius 3 is 2.35 bits per heavy atom. The molecule has 0 aliphatic carbocycles. The summed E-state index contributed by atoms with van der Waals surface area (Å²) in [7, 11) is -3.28. The van der Waals surface area contributed by atoms with E-state index in [1.165, 1.54) is 0 Å². The van der Waals surface area contributed by atoms with Gasteiger partial charge < -0.3 is 5.73 Å². The van der Waals surface area contributed by atoms with Gasteiger partial charge in [0.15, 0.2) is 0 Å². The van der Waals surface area contributed by atoms with Gasteiger partial charge in [0.2, 0.25) is 0 Å². The third kappa shape index (κ3) is 3.88. The van der Waals surface area contributed by atoms with Crippen molar-refractivity contribution in [3.8, 4) is 0 Å². The summed E-state index contributed by atoms with van der Waals surface area (Å²) >= 11 is 1.87. The van der Waals surface area contributed by atoms with Crippen LogP contribution >= 0.6 is 11.8 Å². The SMILES string of the molecule is CC1(C)CCN(S(=O)(=O)N2CCC(CN)CC2)CCS1. The maximum atomic E-state index is 12.7. The van der Waals surface area contributed by atoms with Crippen molar-refractivity contribution in [3.63, 3.8) is 0 Å². The minimum absolute atomic E-state index is 0.177.